The van der Waals surface area contributed by atoms with Crippen molar-refractivity contribution in [1.29, 1.82) is 0 Å². The van der Waals surface area contributed by atoms with E-state index in [2.05, 4.69) is 31.8 Å². The average Bonchev–Trinajstić information content (AvgIpc) is 3.31. The van der Waals surface area contributed by atoms with Crippen LogP contribution in [0, 0.1) is 27.7 Å². The summed E-state index contributed by atoms with van der Waals surface area (Å²) in [5.41, 5.74) is 4.40. The van der Waals surface area contributed by atoms with Gasteiger partial charge in [-0.25, -0.2) is 9.97 Å². The number of aromatic nitrogens is 4. The molecule has 0 aliphatic heterocycles. The summed E-state index contributed by atoms with van der Waals surface area (Å²) < 4.78 is 11.6. The highest BCUT2D eigenvalue weighted by atomic mass is 16.5. The molecule has 0 amide bonds. The summed E-state index contributed by atoms with van der Waals surface area (Å²) in [6.45, 7) is 7.81. The van der Waals surface area contributed by atoms with Crippen LogP contribution in [0.25, 0.3) is 5.69 Å². The van der Waals surface area contributed by atoms with Crippen LogP contribution in [0.4, 0.5) is 0 Å². The third-order valence-corrected chi connectivity index (χ3v) is 3.70. The summed E-state index contributed by atoms with van der Waals surface area (Å²) in [7, 11) is 1.61. The number of para-hydroxylation sites is 1. The van der Waals surface area contributed by atoms with E-state index >= 15 is 0 Å². The van der Waals surface area contributed by atoms with Crippen molar-refractivity contribution in [2.75, 3.05) is 7.11 Å². The van der Waals surface area contributed by atoms with Crippen LogP contribution >= 0.6 is 0 Å². The number of pyridine rings is 1. The first kappa shape index (κ1) is 20.9. The maximum Gasteiger partial charge on any atom is 0.212 e. The molecule has 0 spiro atoms. The third kappa shape index (κ3) is 6.72. The Bertz CT molecular complexity index is 928. The molecule has 0 atom stereocenters. The van der Waals surface area contributed by atoms with E-state index in [9.17, 15) is 0 Å². The lowest BCUT2D eigenvalue weighted by molar-refractivity contribution is 0.393. The van der Waals surface area contributed by atoms with Crippen LogP contribution in [0.1, 0.15) is 22.7 Å². The Morgan fingerprint density at radius 2 is 1.68 bits per heavy atom. The zero-order valence-corrected chi connectivity index (χ0v) is 17.0. The minimum absolute atomic E-state index is 0.667. The maximum atomic E-state index is 4.86. The van der Waals surface area contributed by atoms with Crippen LogP contribution in [-0.4, -0.2) is 26.8 Å². The average molecular weight is 378 g/mol. The van der Waals surface area contributed by atoms with E-state index < -0.39 is 0 Å². The molecule has 0 radical (unpaired) electrons. The predicted octanol–water partition coefficient (Wildman–Crippen LogP) is 4.87. The molecule has 28 heavy (non-hydrogen) atoms. The lowest BCUT2D eigenvalue weighted by Gasteiger charge is -2.02. The van der Waals surface area contributed by atoms with Crippen LogP contribution in [0.15, 0.2) is 71.8 Å². The second kappa shape index (κ2) is 10.7. The first-order chi connectivity index (χ1) is 13.5. The summed E-state index contributed by atoms with van der Waals surface area (Å²) in [5.74, 6) is 1.54. The summed E-state index contributed by atoms with van der Waals surface area (Å²) in [4.78, 5) is 8.04. The maximum absolute atomic E-state index is 4.86. The van der Waals surface area contributed by atoms with Gasteiger partial charge in [0.2, 0.25) is 5.88 Å². The fraction of sp³-hybridized carbons (Fsp3) is 0.227. The van der Waals surface area contributed by atoms with Gasteiger partial charge in [0.25, 0.3) is 0 Å². The van der Waals surface area contributed by atoms with Crippen LogP contribution in [-0.2, 0) is 0 Å². The highest BCUT2D eigenvalue weighted by Crippen LogP contribution is 2.08. The van der Waals surface area contributed by atoms with E-state index in [1.807, 2.05) is 76.6 Å². The molecule has 0 saturated heterocycles. The Kier molecular flexibility index (Phi) is 7.96. The van der Waals surface area contributed by atoms with Crippen molar-refractivity contribution in [3.63, 3.8) is 0 Å². The Balaban J connectivity index is 0.000000157. The number of hydrogen-bond donors (Lipinski definition) is 0. The smallest absolute Gasteiger partial charge is 0.212 e. The molecule has 146 valence electrons. The highest BCUT2D eigenvalue weighted by Gasteiger charge is 1.96. The number of nitrogens with zero attached hydrogens (tertiary/aromatic N) is 4. The molecule has 0 saturated carbocycles. The topological polar surface area (TPSA) is 66.0 Å². The molecule has 4 aromatic rings. The van der Waals surface area contributed by atoms with Crippen LogP contribution in [0.5, 0.6) is 5.88 Å². The van der Waals surface area contributed by atoms with Crippen molar-refractivity contribution < 1.29 is 9.26 Å². The molecule has 3 aromatic heterocycles. The van der Waals surface area contributed by atoms with Gasteiger partial charge in [-0.05, 0) is 45.4 Å². The number of ether oxygens (including phenoxy) is 1. The zero-order chi connectivity index (χ0) is 20.4. The summed E-state index contributed by atoms with van der Waals surface area (Å²) in [6, 6.07) is 15.9. The first-order valence-corrected chi connectivity index (χ1v) is 8.90. The standard InChI is InChI=1S/C10H10N2.C7H9NO.C5H7NO/c1-9-7-11-8-12(9)10-5-3-2-4-6-10;1-6-3-4-7(9-2)8-5-6;1-4-3-5(2)7-6-4/h2-8H,1H3;3-5H,1-2H3;3H,1-2H3. The summed E-state index contributed by atoms with van der Waals surface area (Å²) >= 11 is 0. The monoisotopic (exact) mass is 378 g/mol. The van der Waals surface area contributed by atoms with Crippen LogP contribution < -0.4 is 4.74 Å². The Labute approximate surface area is 165 Å². The van der Waals surface area contributed by atoms with E-state index in [4.69, 9.17) is 9.26 Å². The van der Waals surface area contributed by atoms with E-state index in [0.717, 1.165) is 28.4 Å². The predicted molar refractivity (Wildman–Crippen MR) is 110 cm³/mol. The van der Waals surface area contributed by atoms with Gasteiger partial charge in [-0.1, -0.05) is 29.4 Å². The van der Waals surface area contributed by atoms with Crippen molar-refractivity contribution in [1.82, 2.24) is 19.7 Å². The molecular formula is C22H26N4O2. The van der Waals surface area contributed by atoms with Crippen molar-refractivity contribution in [3.8, 4) is 11.6 Å². The zero-order valence-electron chi connectivity index (χ0n) is 17.0. The molecule has 0 N–H and O–H groups in total. The molecule has 6 heteroatoms. The lowest BCUT2D eigenvalue weighted by Crippen LogP contribution is -1.92. The minimum Gasteiger partial charge on any atom is -0.481 e. The van der Waals surface area contributed by atoms with Gasteiger partial charge < -0.3 is 13.8 Å². The Morgan fingerprint density at radius 3 is 2.11 bits per heavy atom. The number of hydrogen-bond acceptors (Lipinski definition) is 5. The second-order valence-corrected chi connectivity index (χ2v) is 6.20. The number of imidazole rings is 1. The molecule has 0 unspecified atom stereocenters. The third-order valence-electron chi connectivity index (χ3n) is 3.70. The molecule has 0 fully saturated rings. The highest BCUT2D eigenvalue weighted by molar-refractivity contribution is 5.32. The molecule has 4 rings (SSSR count). The summed E-state index contributed by atoms with van der Waals surface area (Å²) in [5, 5.41) is 3.64. The van der Waals surface area contributed by atoms with Gasteiger partial charge in [0, 0.05) is 35.9 Å². The van der Waals surface area contributed by atoms with Crippen LogP contribution in [0.3, 0.4) is 0 Å². The van der Waals surface area contributed by atoms with Crippen molar-refractivity contribution >= 4 is 0 Å². The molecule has 0 bridgehead atoms. The minimum atomic E-state index is 0.667. The molecular weight excluding hydrogens is 352 g/mol. The molecule has 0 aliphatic rings. The first-order valence-electron chi connectivity index (χ1n) is 8.90. The normalized spacial score (nSPS) is 9.61. The Hall–Kier alpha value is -3.41. The van der Waals surface area contributed by atoms with Crippen LogP contribution in [0.2, 0.25) is 0 Å². The van der Waals surface area contributed by atoms with Crippen molar-refractivity contribution in [2.24, 2.45) is 0 Å². The quantitative estimate of drug-likeness (QED) is 0.498. The summed E-state index contributed by atoms with van der Waals surface area (Å²) in [6.07, 6.45) is 5.45. The fourth-order valence-electron chi connectivity index (χ4n) is 2.29. The van der Waals surface area contributed by atoms with Gasteiger partial charge in [0.05, 0.1) is 19.1 Å². The van der Waals surface area contributed by atoms with Gasteiger partial charge in [-0.15, -0.1) is 0 Å². The molecule has 0 aliphatic carbocycles. The largest absolute Gasteiger partial charge is 0.481 e. The van der Waals surface area contributed by atoms with E-state index in [-0.39, 0.29) is 0 Å². The van der Waals surface area contributed by atoms with Gasteiger partial charge >= 0.3 is 0 Å². The Morgan fingerprint density at radius 1 is 0.929 bits per heavy atom. The van der Waals surface area contributed by atoms with Crippen molar-refractivity contribution in [3.05, 3.63) is 90.0 Å². The number of aryl methyl sites for hydroxylation is 4. The van der Waals surface area contributed by atoms with Crippen molar-refractivity contribution in [2.45, 2.75) is 27.7 Å². The van der Waals surface area contributed by atoms with E-state index in [0.29, 0.717) is 5.88 Å². The second-order valence-electron chi connectivity index (χ2n) is 6.20. The number of benzene rings is 1. The van der Waals surface area contributed by atoms with E-state index in [1.165, 1.54) is 0 Å². The number of rotatable bonds is 2. The molecule has 1 aromatic carbocycles. The van der Waals surface area contributed by atoms with E-state index in [1.54, 1.807) is 13.3 Å². The molecule has 6 nitrogen and oxygen atoms in total. The fourth-order valence-corrected chi connectivity index (χ4v) is 2.29. The lowest BCUT2D eigenvalue weighted by atomic mass is 10.3. The van der Waals surface area contributed by atoms with Gasteiger partial charge in [-0.3, -0.25) is 0 Å². The number of methoxy groups -OCH3 is 1. The van der Waals surface area contributed by atoms with Gasteiger partial charge in [0.15, 0.2) is 0 Å². The van der Waals surface area contributed by atoms with Gasteiger partial charge in [-0.2, -0.15) is 0 Å². The molecule has 3 heterocycles. The van der Waals surface area contributed by atoms with Gasteiger partial charge in [0.1, 0.15) is 5.76 Å². The SMILES string of the molecule is COc1ccc(C)cn1.Cc1cc(C)on1.Cc1cncn1-c1ccccc1.